The molecular formula is C9H13BrN2. The molecule has 0 radical (unpaired) electrons. The minimum atomic E-state index is 0.980. The molecule has 1 aromatic rings. The summed E-state index contributed by atoms with van der Waals surface area (Å²) in [5.41, 5.74) is 1.22. The first-order valence-corrected chi connectivity index (χ1v) is 4.77. The number of aromatic nitrogens is 1. The molecule has 0 aliphatic heterocycles. The summed E-state index contributed by atoms with van der Waals surface area (Å²) in [5.74, 6) is 1.03. The maximum absolute atomic E-state index is 4.29. The highest BCUT2D eigenvalue weighted by Gasteiger charge is 2.01. The monoisotopic (exact) mass is 228 g/mol. The molecule has 3 heteroatoms. The first-order chi connectivity index (χ1) is 5.65. The van der Waals surface area contributed by atoms with Gasteiger partial charge in [-0.15, -0.1) is 0 Å². The zero-order valence-corrected chi connectivity index (χ0v) is 9.22. The second kappa shape index (κ2) is 3.90. The smallest absolute Gasteiger partial charge is 0.128 e. The van der Waals surface area contributed by atoms with E-state index in [1.807, 2.05) is 13.2 Å². The van der Waals surface area contributed by atoms with Gasteiger partial charge in [0.05, 0.1) is 0 Å². The summed E-state index contributed by atoms with van der Waals surface area (Å²) in [5, 5.41) is 0. The van der Waals surface area contributed by atoms with Gasteiger partial charge in [-0.2, -0.15) is 0 Å². The Kier molecular flexibility index (Phi) is 3.09. The van der Waals surface area contributed by atoms with Crippen molar-refractivity contribution in [3.63, 3.8) is 0 Å². The van der Waals surface area contributed by atoms with Crippen molar-refractivity contribution in [3.05, 3.63) is 22.3 Å². The van der Waals surface area contributed by atoms with Crippen LogP contribution in [0.25, 0.3) is 0 Å². The lowest BCUT2D eigenvalue weighted by Gasteiger charge is -2.15. The first kappa shape index (κ1) is 9.52. The predicted octanol–water partition coefficient (Wildman–Crippen LogP) is 2.61. The molecule has 0 N–H and O–H groups in total. The van der Waals surface area contributed by atoms with Gasteiger partial charge in [-0.25, -0.2) is 4.98 Å². The van der Waals surface area contributed by atoms with Crippen LogP contribution in [0.5, 0.6) is 0 Å². The largest absolute Gasteiger partial charge is 0.360 e. The Morgan fingerprint density at radius 2 is 2.25 bits per heavy atom. The number of aryl methyl sites for hydroxylation is 1. The molecular weight excluding hydrogens is 216 g/mol. The average molecular weight is 229 g/mol. The van der Waals surface area contributed by atoms with Gasteiger partial charge in [0.1, 0.15) is 5.82 Å². The Balaban J connectivity index is 2.96. The fourth-order valence-corrected chi connectivity index (χ4v) is 1.11. The molecule has 0 atom stereocenters. The molecule has 0 aliphatic rings. The van der Waals surface area contributed by atoms with Crippen LogP contribution in [0.2, 0.25) is 0 Å². The van der Waals surface area contributed by atoms with Gasteiger partial charge < -0.3 is 4.90 Å². The summed E-state index contributed by atoms with van der Waals surface area (Å²) in [6, 6.07) is 2.08. The van der Waals surface area contributed by atoms with E-state index in [0.29, 0.717) is 0 Å². The third-order valence-electron chi connectivity index (χ3n) is 1.90. The Hall–Kier alpha value is -0.570. The minimum Gasteiger partial charge on any atom is -0.360 e. The van der Waals surface area contributed by atoms with Crippen LogP contribution in [-0.4, -0.2) is 18.6 Å². The Morgan fingerprint density at radius 3 is 2.75 bits per heavy atom. The summed E-state index contributed by atoms with van der Waals surface area (Å²) < 4.78 is 1.07. The number of rotatable bonds is 2. The molecule has 0 fully saturated rings. The lowest BCUT2D eigenvalue weighted by molar-refractivity contribution is 0.935. The highest BCUT2D eigenvalue weighted by atomic mass is 79.9. The zero-order chi connectivity index (χ0) is 9.14. The van der Waals surface area contributed by atoms with Crippen LogP contribution in [0, 0.1) is 6.92 Å². The summed E-state index contributed by atoms with van der Waals surface area (Å²) >= 11 is 3.42. The van der Waals surface area contributed by atoms with E-state index in [-0.39, 0.29) is 0 Å². The van der Waals surface area contributed by atoms with E-state index in [4.69, 9.17) is 0 Å². The van der Waals surface area contributed by atoms with E-state index in [2.05, 4.69) is 45.7 Å². The summed E-state index contributed by atoms with van der Waals surface area (Å²) in [6.45, 7) is 5.16. The lowest BCUT2D eigenvalue weighted by Crippen LogP contribution is -2.17. The quantitative estimate of drug-likeness (QED) is 0.774. The highest BCUT2D eigenvalue weighted by molar-refractivity contribution is 9.10. The number of anilines is 1. The molecule has 0 aliphatic carbocycles. The summed E-state index contributed by atoms with van der Waals surface area (Å²) in [6.07, 6.45) is 1.84. The molecule has 0 saturated carbocycles. The van der Waals surface area contributed by atoms with E-state index in [1.165, 1.54) is 5.56 Å². The molecule has 0 saturated heterocycles. The predicted molar refractivity (Wildman–Crippen MR) is 55.6 cm³/mol. The van der Waals surface area contributed by atoms with Gasteiger partial charge in [0, 0.05) is 24.3 Å². The van der Waals surface area contributed by atoms with Crippen LogP contribution >= 0.6 is 15.9 Å². The van der Waals surface area contributed by atoms with Crippen molar-refractivity contribution in [1.29, 1.82) is 0 Å². The molecule has 66 valence electrons. The van der Waals surface area contributed by atoms with Gasteiger partial charge in [0.15, 0.2) is 0 Å². The van der Waals surface area contributed by atoms with Crippen molar-refractivity contribution >= 4 is 21.7 Å². The molecule has 0 amide bonds. The summed E-state index contributed by atoms with van der Waals surface area (Å²) in [4.78, 5) is 6.40. The van der Waals surface area contributed by atoms with Crippen LogP contribution < -0.4 is 4.90 Å². The van der Waals surface area contributed by atoms with E-state index in [9.17, 15) is 0 Å². The van der Waals surface area contributed by atoms with Crippen molar-refractivity contribution in [2.45, 2.75) is 13.8 Å². The van der Waals surface area contributed by atoms with Crippen LogP contribution in [0.15, 0.2) is 16.7 Å². The standard InChI is InChI=1S/C9H13BrN2/c1-4-12(3)9-5-7(2)8(10)6-11-9/h5-6H,4H2,1-3H3. The second-order valence-electron chi connectivity index (χ2n) is 2.81. The van der Waals surface area contributed by atoms with Crippen LogP contribution in [0.3, 0.4) is 0 Å². The third-order valence-corrected chi connectivity index (χ3v) is 2.73. The van der Waals surface area contributed by atoms with Crippen molar-refractivity contribution in [3.8, 4) is 0 Å². The van der Waals surface area contributed by atoms with Gasteiger partial charge in [0.2, 0.25) is 0 Å². The Morgan fingerprint density at radius 1 is 1.58 bits per heavy atom. The number of halogens is 1. The molecule has 1 aromatic heterocycles. The van der Waals surface area contributed by atoms with Crippen LogP contribution in [0.1, 0.15) is 12.5 Å². The zero-order valence-electron chi connectivity index (χ0n) is 7.63. The Bertz CT molecular complexity index is 273. The molecule has 2 nitrogen and oxygen atoms in total. The van der Waals surface area contributed by atoms with Crippen LogP contribution in [-0.2, 0) is 0 Å². The van der Waals surface area contributed by atoms with Crippen molar-refractivity contribution in [1.82, 2.24) is 4.98 Å². The van der Waals surface area contributed by atoms with Crippen molar-refractivity contribution < 1.29 is 0 Å². The Labute approximate surface area is 81.7 Å². The van der Waals surface area contributed by atoms with Gasteiger partial charge in [0.25, 0.3) is 0 Å². The van der Waals surface area contributed by atoms with E-state index >= 15 is 0 Å². The maximum atomic E-state index is 4.29. The molecule has 0 aromatic carbocycles. The number of nitrogens with zero attached hydrogens (tertiary/aromatic N) is 2. The van der Waals surface area contributed by atoms with Crippen molar-refractivity contribution in [2.75, 3.05) is 18.5 Å². The molecule has 1 heterocycles. The van der Waals surface area contributed by atoms with E-state index in [0.717, 1.165) is 16.8 Å². The topological polar surface area (TPSA) is 16.1 Å². The normalized spacial score (nSPS) is 10.0. The lowest BCUT2D eigenvalue weighted by atomic mass is 10.3. The van der Waals surface area contributed by atoms with Gasteiger partial charge in [-0.1, -0.05) is 0 Å². The van der Waals surface area contributed by atoms with E-state index in [1.54, 1.807) is 0 Å². The summed E-state index contributed by atoms with van der Waals surface area (Å²) in [7, 11) is 2.04. The fraction of sp³-hybridized carbons (Fsp3) is 0.444. The average Bonchev–Trinajstić information content (AvgIpc) is 2.08. The molecule has 1 rings (SSSR count). The molecule has 0 unspecified atom stereocenters. The number of hydrogen-bond acceptors (Lipinski definition) is 2. The van der Waals surface area contributed by atoms with E-state index < -0.39 is 0 Å². The van der Waals surface area contributed by atoms with Gasteiger partial charge >= 0.3 is 0 Å². The first-order valence-electron chi connectivity index (χ1n) is 3.98. The second-order valence-corrected chi connectivity index (χ2v) is 3.66. The number of hydrogen-bond donors (Lipinski definition) is 0. The van der Waals surface area contributed by atoms with Crippen LogP contribution in [0.4, 0.5) is 5.82 Å². The maximum Gasteiger partial charge on any atom is 0.128 e. The molecule has 0 spiro atoms. The van der Waals surface area contributed by atoms with Gasteiger partial charge in [-0.05, 0) is 41.4 Å². The third kappa shape index (κ3) is 1.97. The molecule has 12 heavy (non-hydrogen) atoms. The van der Waals surface area contributed by atoms with Crippen molar-refractivity contribution in [2.24, 2.45) is 0 Å². The minimum absolute atomic E-state index is 0.980. The SMILES string of the molecule is CCN(C)c1cc(C)c(Br)cn1. The fourth-order valence-electron chi connectivity index (χ4n) is 0.895. The highest BCUT2D eigenvalue weighted by Crippen LogP contribution is 2.18. The van der Waals surface area contributed by atoms with Gasteiger partial charge in [-0.3, -0.25) is 0 Å². The number of pyridine rings is 1. The molecule has 0 bridgehead atoms.